The highest BCUT2D eigenvalue weighted by Crippen LogP contribution is 2.44. The number of amides is 2. The second kappa shape index (κ2) is 11.4. The van der Waals surface area contributed by atoms with Gasteiger partial charge < -0.3 is 10.6 Å². The van der Waals surface area contributed by atoms with E-state index in [9.17, 15) is 31.5 Å². The number of alkyl halides is 5. The van der Waals surface area contributed by atoms with Crippen LogP contribution < -0.4 is 10.6 Å². The summed E-state index contributed by atoms with van der Waals surface area (Å²) in [5.74, 6) is -4.33. The van der Waals surface area contributed by atoms with E-state index in [1.807, 2.05) is 0 Å². The average Bonchev–Trinajstić information content (AvgIpc) is 3.31. The number of hydrogen-bond donors (Lipinski definition) is 2. The topological polar surface area (TPSA) is 145 Å². The lowest BCUT2D eigenvalue weighted by Gasteiger charge is -2.33. The maximum Gasteiger partial charge on any atom is 0.408 e. The van der Waals surface area contributed by atoms with E-state index in [4.69, 9.17) is 9.61 Å². The predicted octanol–water partition coefficient (Wildman–Crippen LogP) is 4.24. The molecule has 0 bridgehead atoms. The van der Waals surface area contributed by atoms with Crippen LogP contribution in [0.5, 0.6) is 0 Å². The zero-order valence-corrected chi connectivity index (χ0v) is 25.3. The van der Waals surface area contributed by atoms with E-state index in [2.05, 4.69) is 31.1 Å². The summed E-state index contributed by atoms with van der Waals surface area (Å²) in [5.41, 5.74) is 0.886. The minimum Gasteiger partial charge on any atom is -0.344 e. The molecule has 3 atom stereocenters. The number of aryl methyl sites for hydroxylation is 1. The van der Waals surface area contributed by atoms with Gasteiger partial charge in [0.2, 0.25) is 11.8 Å². The molecule has 1 aliphatic heterocycles. The molecule has 4 aromatic heterocycles. The summed E-state index contributed by atoms with van der Waals surface area (Å²) in [6.45, 7) is 0. The number of carbonyl (C=O) groups is 2. The predicted molar refractivity (Wildman–Crippen MR) is 152 cm³/mol. The maximum atomic E-state index is 14.1. The number of imidazole rings is 1. The first-order chi connectivity index (χ1) is 22.3. The van der Waals surface area contributed by atoms with E-state index >= 15 is 0 Å². The Morgan fingerprint density at radius 1 is 1.09 bits per heavy atom. The van der Waals surface area contributed by atoms with Gasteiger partial charge in [-0.15, -0.1) is 0 Å². The van der Waals surface area contributed by atoms with Gasteiger partial charge in [0.25, 0.3) is 5.91 Å². The largest absolute Gasteiger partial charge is 0.408 e. The zero-order valence-electron chi connectivity index (χ0n) is 25.3. The van der Waals surface area contributed by atoms with Crippen molar-refractivity contribution in [1.82, 2.24) is 45.3 Å². The van der Waals surface area contributed by atoms with Gasteiger partial charge in [-0.3, -0.25) is 14.3 Å². The highest BCUT2D eigenvalue weighted by Gasteiger charge is 2.55. The van der Waals surface area contributed by atoms with Crippen LogP contribution in [0.1, 0.15) is 89.9 Å². The monoisotopic (exact) mass is 661 g/mol. The molecule has 2 N–H and O–H groups in total. The summed E-state index contributed by atoms with van der Waals surface area (Å²) in [6.07, 6.45) is 2.49. The molecular weight excluding hydrogens is 629 g/mol. The average molecular weight is 662 g/mol. The second-order valence-corrected chi connectivity index (χ2v) is 13.2. The van der Waals surface area contributed by atoms with Crippen molar-refractivity contribution in [2.45, 2.75) is 87.9 Å². The van der Waals surface area contributed by atoms with Gasteiger partial charge >= 0.3 is 6.18 Å². The highest BCUT2D eigenvalue weighted by molar-refractivity contribution is 5.93. The van der Waals surface area contributed by atoms with Gasteiger partial charge in [0.05, 0.1) is 35.7 Å². The number of fused-ring (bicyclic) bond motifs is 1. The minimum absolute atomic E-state index is 0.0320. The van der Waals surface area contributed by atoms with Crippen LogP contribution in [0.2, 0.25) is 0 Å². The summed E-state index contributed by atoms with van der Waals surface area (Å²) < 4.78 is 77.2. The first kappa shape index (κ1) is 31.2. The van der Waals surface area contributed by atoms with E-state index in [1.165, 1.54) is 21.6 Å². The minimum atomic E-state index is -4.61. The van der Waals surface area contributed by atoms with Gasteiger partial charge in [-0.05, 0) is 73.2 Å². The van der Waals surface area contributed by atoms with Gasteiger partial charge in [0.1, 0.15) is 11.7 Å². The van der Waals surface area contributed by atoms with E-state index in [1.54, 1.807) is 25.5 Å². The van der Waals surface area contributed by atoms with Gasteiger partial charge in [0.15, 0.2) is 11.3 Å². The number of aromatic nitrogens is 7. The number of nitrogens with one attached hydrogen (secondary N) is 2. The second-order valence-electron chi connectivity index (χ2n) is 13.2. The van der Waals surface area contributed by atoms with Crippen molar-refractivity contribution in [3.63, 3.8) is 0 Å². The molecule has 0 spiro atoms. The standard InChI is InChI=1S/C30H32F5N9O3/c1-43-14-17(13-36-43)10-28(11-21(30(33,34)35)39-27(28)46)9-16-8-22-38-20(15-44(22)37-12-16)23(19-4-6-29(31,32)7-5-19)40-26(45)25-24(18-2-3-18)41-47-42-25/h8,12-15,18-19,21,23H,2-7,9-11H2,1H3,(H,39,46)(H,40,45)/t21-,23-,28+/m0/s1. The Labute approximate surface area is 264 Å². The lowest BCUT2D eigenvalue weighted by molar-refractivity contribution is -0.155. The number of rotatable bonds is 9. The van der Waals surface area contributed by atoms with Crippen molar-refractivity contribution in [3.8, 4) is 0 Å². The van der Waals surface area contributed by atoms with Crippen LogP contribution in [0.3, 0.4) is 0 Å². The Bertz CT molecular complexity index is 1800. The SMILES string of the molecule is Cn1cc(C[C@]2(Cc3cnn4cc([C@@H](NC(=O)c5nonc5C5CC5)C5CCC(F)(F)CC5)nc4c3)C[C@@H](C(F)(F)F)NC2=O)cn1. The van der Waals surface area contributed by atoms with Crippen LogP contribution in [0.4, 0.5) is 22.0 Å². The Morgan fingerprint density at radius 2 is 1.81 bits per heavy atom. The molecular formula is C30H32F5N9O3. The lowest BCUT2D eigenvalue weighted by atomic mass is 9.75. The van der Waals surface area contributed by atoms with Gasteiger partial charge in [-0.2, -0.15) is 23.4 Å². The van der Waals surface area contributed by atoms with E-state index < -0.39 is 47.8 Å². The van der Waals surface area contributed by atoms with Gasteiger partial charge in [-0.25, -0.2) is 22.9 Å². The summed E-state index contributed by atoms with van der Waals surface area (Å²) in [7, 11) is 1.68. The Morgan fingerprint density at radius 3 is 2.47 bits per heavy atom. The first-order valence-electron chi connectivity index (χ1n) is 15.5. The number of carbonyl (C=O) groups excluding carboxylic acids is 2. The first-order valence-corrected chi connectivity index (χ1v) is 15.5. The van der Waals surface area contributed by atoms with Crippen molar-refractivity contribution in [3.05, 3.63) is 59.1 Å². The van der Waals surface area contributed by atoms with E-state index in [0.29, 0.717) is 28.2 Å². The van der Waals surface area contributed by atoms with Crippen LogP contribution >= 0.6 is 0 Å². The van der Waals surface area contributed by atoms with Crippen molar-refractivity contribution in [2.75, 3.05) is 0 Å². The van der Waals surface area contributed by atoms with Crippen molar-refractivity contribution in [2.24, 2.45) is 18.4 Å². The molecule has 4 aromatic rings. The molecule has 12 nitrogen and oxygen atoms in total. The molecule has 1 saturated heterocycles. The van der Waals surface area contributed by atoms with Crippen LogP contribution in [-0.4, -0.2) is 64.6 Å². The summed E-state index contributed by atoms with van der Waals surface area (Å²) in [5, 5.41) is 21.3. The molecule has 17 heteroatoms. The lowest BCUT2D eigenvalue weighted by Crippen LogP contribution is -2.39. The fraction of sp³-hybridized carbons (Fsp3) is 0.567. The molecule has 2 aliphatic carbocycles. The molecule has 5 heterocycles. The van der Waals surface area contributed by atoms with Gasteiger partial charge in [0, 0.05) is 32.0 Å². The summed E-state index contributed by atoms with van der Waals surface area (Å²) >= 11 is 0. The molecule has 2 amide bonds. The summed E-state index contributed by atoms with van der Waals surface area (Å²) in [6, 6.07) is -1.12. The molecule has 0 unspecified atom stereocenters. The van der Waals surface area contributed by atoms with Crippen LogP contribution in [0, 0.1) is 11.3 Å². The van der Waals surface area contributed by atoms with Crippen LogP contribution in [-0.2, 0) is 24.7 Å². The third-order valence-electron chi connectivity index (χ3n) is 9.55. The quantitative estimate of drug-likeness (QED) is 0.254. The third-order valence-corrected chi connectivity index (χ3v) is 9.55. The maximum absolute atomic E-state index is 14.1. The number of hydrogen-bond acceptors (Lipinski definition) is 8. The summed E-state index contributed by atoms with van der Waals surface area (Å²) in [4.78, 5) is 31.3. The molecule has 47 heavy (non-hydrogen) atoms. The van der Waals surface area contributed by atoms with Crippen LogP contribution in [0.25, 0.3) is 5.65 Å². The number of halogens is 5. The molecule has 0 radical (unpaired) electrons. The van der Waals surface area contributed by atoms with Crippen molar-refractivity contribution >= 4 is 17.5 Å². The van der Waals surface area contributed by atoms with Crippen LogP contribution in [0.15, 0.2) is 35.5 Å². The van der Waals surface area contributed by atoms with E-state index in [-0.39, 0.29) is 56.1 Å². The van der Waals surface area contributed by atoms with Crippen molar-refractivity contribution < 1.29 is 36.2 Å². The van der Waals surface area contributed by atoms with Crippen molar-refractivity contribution in [1.29, 1.82) is 0 Å². The molecule has 3 fully saturated rings. The smallest absolute Gasteiger partial charge is 0.344 e. The fourth-order valence-corrected chi connectivity index (χ4v) is 6.95. The highest BCUT2D eigenvalue weighted by atomic mass is 19.4. The molecule has 3 aliphatic rings. The van der Waals surface area contributed by atoms with Gasteiger partial charge in [-0.1, -0.05) is 5.16 Å². The Hall–Kier alpha value is -4.44. The molecule has 7 rings (SSSR count). The van der Waals surface area contributed by atoms with E-state index in [0.717, 1.165) is 12.8 Å². The Kier molecular flexibility index (Phi) is 7.54. The number of nitrogens with zero attached hydrogens (tertiary/aromatic N) is 7. The third kappa shape index (κ3) is 6.31. The zero-order chi connectivity index (χ0) is 33.1. The molecule has 250 valence electrons. The Balaban J connectivity index is 1.18. The normalized spacial score (nSPS) is 24.0. The molecule has 0 aromatic carbocycles. The molecule has 2 saturated carbocycles. The fourth-order valence-electron chi connectivity index (χ4n) is 6.95.